The molecule has 6 nitrogen and oxygen atoms in total. The summed E-state index contributed by atoms with van der Waals surface area (Å²) in [6.07, 6.45) is -0.188. The number of benzene rings is 1. The van der Waals surface area contributed by atoms with E-state index in [9.17, 15) is 18.3 Å². The Bertz CT molecular complexity index is 1290. The van der Waals surface area contributed by atoms with Crippen molar-refractivity contribution in [3.05, 3.63) is 83.0 Å². The summed E-state index contributed by atoms with van der Waals surface area (Å²) in [5.74, 6) is -0.338. The molecule has 10 heteroatoms. The largest absolute Gasteiger partial charge is 0.433 e. The molecule has 0 aliphatic carbocycles. The average Bonchev–Trinajstić information content (AvgIpc) is 3.29. The molecule has 0 aliphatic rings. The summed E-state index contributed by atoms with van der Waals surface area (Å²) in [7, 11) is 0. The van der Waals surface area contributed by atoms with Gasteiger partial charge in [-0.2, -0.15) is 13.2 Å². The fourth-order valence-electron chi connectivity index (χ4n) is 3.53. The molecule has 0 fully saturated rings. The monoisotopic (exact) mass is 485 g/mol. The number of nitrogens with zero attached hydrogens (tertiary/aromatic N) is 4. The van der Waals surface area contributed by atoms with Crippen LogP contribution in [0.3, 0.4) is 0 Å². The number of rotatable bonds is 6. The molecule has 0 amide bonds. The maximum absolute atomic E-state index is 13.0. The van der Waals surface area contributed by atoms with E-state index in [0.717, 1.165) is 28.3 Å². The van der Waals surface area contributed by atoms with Crippen LogP contribution in [0.25, 0.3) is 10.4 Å². The molecule has 176 valence electrons. The van der Waals surface area contributed by atoms with Gasteiger partial charge in [-0.1, -0.05) is 26.0 Å². The number of aryl methyl sites for hydroxylation is 1. The predicted molar refractivity (Wildman–Crippen MR) is 125 cm³/mol. The van der Waals surface area contributed by atoms with Gasteiger partial charge in [-0.05, 0) is 54.3 Å². The lowest BCUT2D eigenvalue weighted by Crippen LogP contribution is -2.34. The van der Waals surface area contributed by atoms with Gasteiger partial charge >= 0.3 is 6.18 Å². The molecule has 3 aromatic heterocycles. The summed E-state index contributed by atoms with van der Waals surface area (Å²) < 4.78 is 39.0. The van der Waals surface area contributed by atoms with Crippen molar-refractivity contribution in [3.8, 4) is 10.4 Å². The van der Waals surface area contributed by atoms with E-state index in [1.165, 1.54) is 11.3 Å². The number of aromatic nitrogens is 4. The van der Waals surface area contributed by atoms with E-state index in [2.05, 4.69) is 25.3 Å². The number of hydrogen-bond donors (Lipinski definition) is 2. The normalized spacial score (nSPS) is 13.6. The number of thiazole rings is 1. The third-order valence-corrected chi connectivity index (χ3v) is 6.46. The van der Waals surface area contributed by atoms with Crippen LogP contribution in [0.1, 0.15) is 35.8 Å². The molecule has 3 heterocycles. The Hall–Kier alpha value is -3.37. The number of hydrogen-bond acceptors (Lipinski definition) is 7. The lowest BCUT2D eigenvalue weighted by Gasteiger charge is -2.29. The minimum absolute atomic E-state index is 0.152. The van der Waals surface area contributed by atoms with E-state index in [-0.39, 0.29) is 11.9 Å². The second kappa shape index (κ2) is 9.11. The van der Waals surface area contributed by atoms with Gasteiger partial charge in [-0.3, -0.25) is 4.98 Å². The average molecular weight is 486 g/mol. The first-order chi connectivity index (χ1) is 16.1. The van der Waals surface area contributed by atoms with Crippen molar-refractivity contribution >= 4 is 23.0 Å². The smallest absolute Gasteiger partial charge is 0.376 e. The molecule has 0 bridgehead atoms. The highest BCUT2D eigenvalue weighted by molar-refractivity contribution is 7.15. The number of anilines is 2. The van der Waals surface area contributed by atoms with Crippen LogP contribution < -0.4 is 5.32 Å². The molecule has 1 aromatic carbocycles. The van der Waals surface area contributed by atoms with E-state index in [1.54, 1.807) is 36.7 Å². The number of aliphatic hydroxyl groups is 1. The Kier molecular flexibility index (Phi) is 6.37. The maximum atomic E-state index is 13.0. The molecule has 34 heavy (non-hydrogen) atoms. The van der Waals surface area contributed by atoms with Gasteiger partial charge in [-0.15, -0.1) is 11.3 Å². The van der Waals surface area contributed by atoms with E-state index in [1.807, 2.05) is 32.9 Å². The second-order valence-electron chi connectivity index (χ2n) is 8.14. The van der Waals surface area contributed by atoms with Crippen LogP contribution in [0.15, 0.2) is 61.1 Å². The van der Waals surface area contributed by atoms with Crippen molar-refractivity contribution in [2.75, 3.05) is 5.32 Å². The highest BCUT2D eigenvalue weighted by atomic mass is 32.1. The van der Waals surface area contributed by atoms with Crippen molar-refractivity contribution < 1.29 is 18.3 Å². The molecule has 0 aliphatic heterocycles. The molecule has 0 radical (unpaired) electrons. The molecule has 1 unspecified atom stereocenters. The Morgan fingerprint density at radius 3 is 2.44 bits per heavy atom. The first-order valence-corrected chi connectivity index (χ1v) is 11.3. The summed E-state index contributed by atoms with van der Waals surface area (Å²) in [6, 6.07) is 11.7. The van der Waals surface area contributed by atoms with E-state index in [0.29, 0.717) is 16.4 Å². The first-order valence-electron chi connectivity index (χ1n) is 10.5. The number of nitrogens with one attached hydrogen (secondary N) is 1. The Morgan fingerprint density at radius 1 is 0.971 bits per heavy atom. The fraction of sp³-hybridized carbons (Fsp3) is 0.250. The zero-order chi connectivity index (χ0) is 24.5. The van der Waals surface area contributed by atoms with Gasteiger partial charge in [0.05, 0.1) is 10.6 Å². The lowest BCUT2D eigenvalue weighted by atomic mass is 9.87. The van der Waals surface area contributed by atoms with Crippen LogP contribution in [0, 0.1) is 12.8 Å². The SMILES string of the molecule is Cc1cc(Nc2nccc(C(F)(F)F)n2)cc(-c2cnc(C(O)(c3ccccn3)C(C)C)s2)c1. The minimum Gasteiger partial charge on any atom is -0.376 e. The molecule has 2 N–H and O–H groups in total. The van der Waals surface area contributed by atoms with Gasteiger partial charge in [0.2, 0.25) is 5.95 Å². The summed E-state index contributed by atoms with van der Waals surface area (Å²) in [5.41, 5.74) is 0.344. The van der Waals surface area contributed by atoms with Gasteiger partial charge in [0, 0.05) is 24.3 Å². The van der Waals surface area contributed by atoms with Crippen LogP contribution in [0.2, 0.25) is 0 Å². The van der Waals surface area contributed by atoms with Crippen molar-refractivity contribution in [2.45, 2.75) is 32.5 Å². The molecule has 0 saturated carbocycles. The summed E-state index contributed by atoms with van der Waals surface area (Å²) >= 11 is 1.34. The van der Waals surface area contributed by atoms with Crippen molar-refractivity contribution in [1.29, 1.82) is 0 Å². The molecular weight excluding hydrogens is 463 g/mol. The van der Waals surface area contributed by atoms with Crippen LogP contribution >= 0.6 is 11.3 Å². The van der Waals surface area contributed by atoms with Crippen LogP contribution in [-0.4, -0.2) is 25.0 Å². The molecule has 1 atom stereocenters. The summed E-state index contributed by atoms with van der Waals surface area (Å²) in [6.45, 7) is 5.68. The molecule has 4 aromatic rings. The minimum atomic E-state index is -4.56. The fourth-order valence-corrected chi connectivity index (χ4v) is 4.68. The van der Waals surface area contributed by atoms with Gasteiger partial charge in [0.1, 0.15) is 10.7 Å². The standard InChI is InChI=1S/C24H22F3N5OS/c1-14(2)23(33,19-6-4-5-8-28-19)21-30-13-18(34-21)16-10-15(3)11-17(12-16)31-22-29-9-7-20(32-22)24(25,26)27/h4-14,33H,1-3H3,(H,29,31,32). The summed E-state index contributed by atoms with van der Waals surface area (Å²) in [5, 5.41) is 14.9. The molecule has 0 spiro atoms. The quantitative estimate of drug-likeness (QED) is 0.351. The van der Waals surface area contributed by atoms with Crippen LogP contribution in [-0.2, 0) is 11.8 Å². The Morgan fingerprint density at radius 2 is 1.76 bits per heavy atom. The van der Waals surface area contributed by atoms with Gasteiger partial charge in [0.25, 0.3) is 0 Å². The second-order valence-corrected chi connectivity index (χ2v) is 9.17. The van der Waals surface area contributed by atoms with Crippen molar-refractivity contribution in [2.24, 2.45) is 5.92 Å². The van der Waals surface area contributed by atoms with Crippen LogP contribution in [0.4, 0.5) is 24.8 Å². The van der Waals surface area contributed by atoms with Crippen molar-refractivity contribution in [1.82, 2.24) is 19.9 Å². The third kappa shape index (κ3) is 4.78. The zero-order valence-corrected chi connectivity index (χ0v) is 19.4. The Balaban J connectivity index is 1.67. The predicted octanol–water partition coefficient (Wildman–Crippen LogP) is 5.96. The molecule has 4 rings (SSSR count). The summed E-state index contributed by atoms with van der Waals surface area (Å²) in [4.78, 5) is 17.1. The highest BCUT2D eigenvalue weighted by Gasteiger charge is 2.39. The maximum Gasteiger partial charge on any atom is 0.433 e. The Labute approximate surface area is 198 Å². The van der Waals surface area contributed by atoms with E-state index >= 15 is 0 Å². The zero-order valence-electron chi connectivity index (χ0n) is 18.6. The van der Waals surface area contributed by atoms with Crippen LogP contribution in [0.5, 0.6) is 0 Å². The third-order valence-electron chi connectivity index (χ3n) is 5.29. The molecular formula is C24H22F3N5OS. The van der Waals surface area contributed by atoms with Gasteiger partial charge in [-0.25, -0.2) is 15.0 Å². The number of alkyl halides is 3. The lowest BCUT2D eigenvalue weighted by molar-refractivity contribution is -0.141. The highest BCUT2D eigenvalue weighted by Crippen LogP contribution is 2.40. The molecule has 0 saturated heterocycles. The first kappa shape index (κ1) is 23.8. The van der Waals surface area contributed by atoms with Crippen molar-refractivity contribution in [3.63, 3.8) is 0 Å². The number of halogens is 3. The van der Waals surface area contributed by atoms with Gasteiger partial charge in [0.15, 0.2) is 5.60 Å². The number of pyridine rings is 1. The van der Waals surface area contributed by atoms with E-state index in [4.69, 9.17) is 0 Å². The van der Waals surface area contributed by atoms with Gasteiger partial charge < -0.3 is 10.4 Å². The van der Waals surface area contributed by atoms with E-state index < -0.39 is 17.5 Å². The topological polar surface area (TPSA) is 83.8 Å².